The Kier molecular flexibility index (Phi) is 1.70. The summed E-state index contributed by atoms with van der Waals surface area (Å²) in [5, 5.41) is 0. The summed E-state index contributed by atoms with van der Waals surface area (Å²) in [6.07, 6.45) is -0.601. The molecule has 1 aliphatic rings. The quantitative estimate of drug-likeness (QED) is 0.513. The first kappa shape index (κ1) is 7.18. The topological polar surface area (TPSA) is 9.23 Å². The van der Waals surface area contributed by atoms with Gasteiger partial charge >= 0.3 is 6.18 Å². The molecule has 1 rings (SSSR count). The van der Waals surface area contributed by atoms with Crippen LogP contribution in [0.1, 0.15) is 0 Å². The summed E-state index contributed by atoms with van der Waals surface area (Å²) in [6, 6.07) is 0. The van der Waals surface area contributed by atoms with Gasteiger partial charge in [-0.2, -0.15) is 13.2 Å². The first-order chi connectivity index (χ1) is 4.61. The normalized spacial score (nSPS) is 18.1. The average molecular weight is 150 g/mol. The lowest BCUT2D eigenvalue weighted by Gasteiger charge is -2.13. The van der Waals surface area contributed by atoms with Crippen LogP contribution < -0.4 is 0 Å². The third-order valence-corrected chi connectivity index (χ3v) is 0.998. The van der Waals surface area contributed by atoms with E-state index in [-0.39, 0.29) is 6.61 Å². The Morgan fingerprint density at radius 1 is 1.40 bits per heavy atom. The SMILES string of the molecule is FC(F)(F)C1=CC=CCO1. The van der Waals surface area contributed by atoms with Crippen molar-refractivity contribution in [3.05, 3.63) is 24.0 Å². The van der Waals surface area contributed by atoms with Crippen LogP contribution in [-0.4, -0.2) is 12.8 Å². The Balaban J connectivity index is 2.72. The fourth-order valence-corrected chi connectivity index (χ4v) is 0.573. The summed E-state index contributed by atoms with van der Waals surface area (Å²) in [4.78, 5) is 0. The van der Waals surface area contributed by atoms with Crippen LogP contribution in [0.25, 0.3) is 0 Å². The van der Waals surface area contributed by atoms with Crippen LogP contribution in [-0.2, 0) is 4.74 Å². The van der Waals surface area contributed by atoms with Gasteiger partial charge < -0.3 is 4.74 Å². The lowest BCUT2D eigenvalue weighted by Crippen LogP contribution is -2.16. The van der Waals surface area contributed by atoms with E-state index >= 15 is 0 Å². The van der Waals surface area contributed by atoms with E-state index < -0.39 is 11.9 Å². The van der Waals surface area contributed by atoms with E-state index in [1.54, 1.807) is 0 Å². The molecule has 1 aliphatic heterocycles. The first-order valence-electron chi connectivity index (χ1n) is 2.67. The van der Waals surface area contributed by atoms with Crippen molar-refractivity contribution in [2.45, 2.75) is 6.18 Å². The van der Waals surface area contributed by atoms with Crippen LogP contribution in [0.4, 0.5) is 13.2 Å². The number of ether oxygens (including phenoxy) is 1. The summed E-state index contributed by atoms with van der Waals surface area (Å²) in [5.41, 5.74) is 0. The standard InChI is InChI=1S/C6H5F3O/c7-6(8,9)5-3-1-2-4-10-5/h1-3H,4H2. The van der Waals surface area contributed by atoms with Crippen molar-refractivity contribution < 1.29 is 17.9 Å². The van der Waals surface area contributed by atoms with Crippen molar-refractivity contribution in [2.24, 2.45) is 0 Å². The van der Waals surface area contributed by atoms with E-state index in [1.165, 1.54) is 12.2 Å². The molecule has 4 heteroatoms. The zero-order valence-corrected chi connectivity index (χ0v) is 4.98. The zero-order chi connectivity index (χ0) is 7.61. The van der Waals surface area contributed by atoms with Crippen molar-refractivity contribution in [2.75, 3.05) is 6.61 Å². The number of alkyl halides is 3. The molecule has 0 saturated heterocycles. The second kappa shape index (κ2) is 2.36. The van der Waals surface area contributed by atoms with Crippen LogP contribution >= 0.6 is 0 Å². The fraction of sp³-hybridized carbons (Fsp3) is 0.333. The van der Waals surface area contributed by atoms with Gasteiger partial charge in [0.25, 0.3) is 0 Å². The molecule has 0 N–H and O–H groups in total. The van der Waals surface area contributed by atoms with Crippen molar-refractivity contribution in [1.82, 2.24) is 0 Å². The van der Waals surface area contributed by atoms with Gasteiger partial charge in [0.1, 0.15) is 6.61 Å². The third-order valence-electron chi connectivity index (χ3n) is 0.998. The van der Waals surface area contributed by atoms with Gasteiger partial charge in [-0.25, -0.2) is 0 Å². The minimum absolute atomic E-state index is 0.00530. The molecular formula is C6H5F3O. The highest BCUT2D eigenvalue weighted by Crippen LogP contribution is 2.27. The second-order valence-electron chi connectivity index (χ2n) is 1.77. The molecule has 0 atom stereocenters. The molecule has 0 spiro atoms. The Bertz CT molecular complexity index is 178. The molecule has 0 bridgehead atoms. The molecule has 0 aromatic carbocycles. The molecule has 10 heavy (non-hydrogen) atoms. The molecule has 0 aromatic heterocycles. The fourth-order valence-electron chi connectivity index (χ4n) is 0.573. The lowest BCUT2D eigenvalue weighted by molar-refractivity contribution is -0.129. The lowest BCUT2D eigenvalue weighted by atomic mass is 10.3. The van der Waals surface area contributed by atoms with Crippen LogP contribution in [0.15, 0.2) is 24.0 Å². The molecule has 0 unspecified atom stereocenters. The van der Waals surface area contributed by atoms with Crippen molar-refractivity contribution >= 4 is 0 Å². The highest BCUT2D eigenvalue weighted by molar-refractivity contribution is 5.15. The highest BCUT2D eigenvalue weighted by atomic mass is 19.4. The summed E-state index contributed by atoms with van der Waals surface area (Å²) in [5.74, 6) is -0.921. The Hall–Kier alpha value is -0.930. The largest absolute Gasteiger partial charge is 0.485 e. The van der Waals surface area contributed by atoms with E-state index in [9.17, 15) is 13.2 Å². The molecule has 0 amide bonds. The van der Waals surface area contributed by atoms with E-state index in [0.717, 1.165) is 6.08 Å². The van der Waals surface area contributed by atoms with E-state index in [4.69, 9.17) is 0 Å². The Morgan fingerprint density at radius 2 is 2.10 bits per heavy atom. The summed E-state index contributed by atoms with van der Waals surface area (Å²) >= 11 is 0. The molecule has 0 fully saturated rings. The maximum Gasteiger partial charge on any atom is 0.448 e. The molecule has 0 aromatic rings. The molecule has 1 heterocycles. The number of hydrogen-bond acceptors (Lipinski definition) is 1. The van der Waals surface area contributed by atoms with E-state index in [0.29, 0.717) is 0 Å². The van der Waals surface area contributed by atoms with Crippen molar-refractivity contribution in [1.29, 1.82) is 0 Å². The number of hydrogen-bond donors (Lipinski definition) is 0. The Labute approximate surface area is 55.8 Å². The first-order valence-corrected chi connectivity index (χ1v) is 2.67. The third kappa shape index (κ3) is 1.52. The van der Waals surface area contributed by atoms with Gasteiger partial charge in [-0.05, 0) is 12.2 Å². The molecule has 0 aliphatic carbocycles. The van der Waals surface area contributed by atoms with Crippen molar-refractivity contribution in [3.63, 3.8) is 0 Å². The summed E-state index contributed by atoms with van der Waals surface area (Å²) < 4.78 is 39.4. The molecule has 1 nitrogen and oxygen atoms in total. The second-order valence-corrected chi connectivity index (χ2v) is 1.77. The maximum atomic E-state index is 11.7. The number of rotatable bonds is 0. The van der Waals surface area contributed by atoms with E-state index in [1.807, 2.05) is 0 Å². The minimum atomic E-state index is -4.34. The molecule has 56 valence electrons. The van der Waals surface area contributed by atoms with Gasteiger partial charge in [-0.15, -0.1) is 0 Å². The van der Waals surface area contributed by atoms with Crippen molar-refractivity contribution in [3.8, 4) is 0 Å². The molecular weight excluding hydrogens is 145 g/mol. The van der Waals surface area contributed by atoms with Crippen LogP contribution in [0.3, 0.4) is 0 Å². The van der Waals surface area contributed by atoms with E-state index in [2.05, 4.69) is 4.74 Å². The van der Waals surface area contributed by atoms with Gasteiger partial charge in [-0.3, -0.25) is 0 Å². The smallest absolute Gasteiger partial charge is 0.448 e. The number of allylic oxidation sites excluding steroid dienone is 3. The molecule has 0 radical (unpaired) electrons. The highest BCUT2D eigenvalue weighted by Gasteiger charge is 2.35. The van der Waals surface area contributed by atoms with Gasteiger partial charge in [-0.1, -0.05) is 6.08 Å². The summed E-state index contributed by atoms with van der Waals surface area (Å²) in [6.45, 7) is 0.00530. The van der Waals surface area contributed by atoms with Crippen LogP contribution in [0, 0.1) is 0 Å². The zero-order valence-electron chi connectivity index (χ0n) is 4.98. The minimum Gasteiger partial charge on any atom is -0.485 e. The van der Waals surface area contributed by atoms with Gasteiger partial charge in [0.2, 0.25) is 5.76 Å². The average Bonchev–Trinajstić information content (AvgIpc) is 1.88. The maximum absolute atomic E-state index is 11.7. The monoisotopic (exact) mass is 150 g/mol. The van der Waals surface area contributed by atoms with Gasteiger partial charge in [0.05, 0.1) is 0 Å². The predicted octanol–water partition coefficient (Wildman–Crippen LogP) is 2.02. The predicted molar refractivity (Wildman–Crippen MR) is 29.2 cm³/mol. The Morgan fingerprint density at radius 3 is 2.40 bits per heavy atom. The number of halogens is 3. The van der Waals surface area contributed by atoms with Gasteiger partial charge in [0, 0.05) is 0 Å². The van der Waals surface area contributed by atoms with Crippen LogP contribution in [0.5, 0.6) is 0 Å². The van der Waals surface area contributed by atoms with Crippen LogP contribution in [0.2, 0.25) is 0 Å². The summed E-state index contributed by atoms with van der Waals surface area (Å²) in [7, 11) is 0. The molecule has 0 saturated carbocycles. The van der Waals surface area contributed by atoms with Gasteiger partial charge in [0.15, 0.2) is 0 Å².